The molecule has 1 aromatic heterocycles. The van der Waals surface area contributed by atoms with Gasteiger partial charge in [0.15, 0.2) is 0 Å². The molecule has 14 heavy (non-hydrogen) atoms. The molecule has 0 atom stereocenters. The van der Waals surface area contributed by atoms with Crippen molar-refractivity contribution in [3.05, 3.63) is 34.2 Å². The quantitative estimate of drug-likeness (QED) is 0.656. The van der Waals surface area contributed by atoms with E-state index in [0.29, 0.717) is 0 Å². The molecule has 1 aliphatic carbocycles. The molecule has 1 aliphatic rings. The minimum atomic E-state index is 1.17. The highest BCUT2D eigenvalue weighted by molar-refractivity contribution is 7.19. The highest BCUT2D eigenvalue weighted by Crippen LogP contribution is 2.38. The predicted molar refractivity (Wildman–Crippen MR) is 63.2 cm³/mol. The van der Waals surface area contributed by atoms with Gasteiger partial charge in [0.2, 0.25) is 0 Å². The summed E-state index contributed by atoms with van der Waals surface area (Å²) in [5, 5.41) is 1.59. The van der Waals surface area contributed by atoms with Gasteiger partial charge in [-0.15, -0.1) is 11.3 Å². The molecule has 0 saturated carbocycles. The number of aryl methyl sites for hydroxylation is 3. The lowest BCUT2D eigenvalue weighted by atomic mass is 10.0. The average Bonchev–Trinajstić information content (AvgIpc) is 2.75. The highest BCUT2D eigenvalue weighted by atomic mass is 32.1. The molecule has 1 heterocycles. The summed E-state index contributed by atoms with van der Waals surface area (Å²) in [6.07, 6.45) is 5.17. The zero-order valence-corrected chi connectivity index (χ0v) is 9.29. The number of benzene rings is 1. The minimum absolute atomic E-state index is 1.17. The van der Waals surface area contributed by atoms with Crippen molar-refractivity contribution in [3.63, 3.8) is 0 Å². The fraction of sp³-hybridized carbons (Fsp3) is 0.385. The molecule has 2 aromatic rings. The average molecular weight is 202 g/mol. The first-order valence-electron chi connectivity index (χ1n) is 5.42. The number of rotatable bonds is 1. The maximum atomic E-state index is 2.29. The summed E-state index contributed by atoms with van der Waals surface area (Å²) in [6.45, 7) is 2.26. The van der Waals surface area contributed by atoms with Crippen LogP contribution in [-0.2, 0) is 19.3 Å². The van der Waals surface area contributed by atoms with Gasteiger partial charge in [-0.05, 0) is 48.3 Å². The molecule has 0 amide bonds. The van der Waals surface area contributed by atoms with Crippen molar-refractivity contribution in [1.29, 1.82) is 0 Å². The summed E-state index contributed by atoms with van der Waals surface area (Å²) in [4.78, 5) is 1.65. The number of fused-ring (bicyclic) bond motifs is 3. The fourth-order valence-electron chi connectivity index (χ4n) is 2.52. The van der Waals surface area contributed by atoms with Crippen molar-refractivity contribution in [2.75, 3.05) is 0 Å². The van der Waals surface area contributed by atoms with Gasteiger partial charge in [-0.1, -0.05) is 19.1 Å². The monoisotopic (exact) mass is 202 g/mol. The van der Waals surface area contributed by atoms with E-state index < -0.39 is 0 Å². The number of thiophene rings is 1. The van der Waals surface area contributed by atoms with E-state index in [0.717, 1.165) is 0 Å². The molecule has 1 heteroatoms. The molecular formula is C13H14S. The van der Waals surface area contributed by atoms with Gasteiger partial charge in [0.25, 0.3) is 0 Å². The Morgan fingerprint density at radius 2 is 2.21 bits per heavy atom. The van der Waals surface area contributed by atoms with Gasteiger partial charge < -0.3 is 0 Å². The normalized spacial score (nSPS) is 14.9. The second kappa shape index (κ2) is 3.09. The van der Waals surface area contributed by atoms with Crippen LogP contribution in [0.3, 0.4) is 0 Å². The fourth-order valence-corrected chi connectivity index (χ4v) is 3.87. The van der Waals surface area contributed by atoms with Crippen molar-refractivity contribution in [1.82, 2.24) is 0 Å². The van der Waals surface area contributed by atoms with E-state index in [1.165, 1.54) is 30.4 Å². The van der Waals surface area contributed by atoms with Crippen molar-refractivity contribution >= 4 is 21.4 Å². The zero-order valence-electron chi connectivity index (χ0n) is 8.47. The molecule has 0 radical (unpaired) electrons. The van der Waals surface area contributed by atoms with E-state index in [1.54, 1.807) is 21.4 Å². The predicted octanol–water partition coefficient (Wildman–Crippen LogP) is 3.95. The molecule has 0 saturated heterocycles. The Balaban J connectivity index is 2.39. The topological polar surface area (TPSA) is 0 Å². The van der Waals surface area contributed by atoms with Crippen LogP contribution in [0.5, 0.6) is 0 Å². The Morgan fingerprint density at radius 1 is 1.29 bits per heavy atom. The van der Waals surface area contributed by atoms with Crippen LogP contribution in [0.2, 0.25) is 0 Å². The van der Waals surface area contributed by atoms with E-state index in [-0.39, 0.29) is 0 Å². The first-order valence-corrected chi connectivity index (χ1v) is 6.24. The van der Waals surface area contributed by atoms with Gasteiger partial charge >= 0.3 is 0 Å². The summed E-state index contributed by atoms with van der Waals surface area (Å²) in [5.41, 5.74) is 3.21. The maximum Gasteiger partial charge on any atom is 0.0351 e. The largest absolute Gasteiger partial charge is 0.140 e. The van der Waals surface area contributed by atoms with Crippen molar-refractivity contribution in [3.8, 4) is 0 Å². The molecule has 1 aromatic carbocycles. The van der Waals surface area contributed by atoms with E-state index in [1.807, 2.05) is 11.3 Å². The summed E-state index contributed by atoms with van der Waals surface area (Å²) in [7, 11) is 0. The summed E-state index contributed by atoms with van der Waals surface area (Å²) < 4.78 is 1.51. The second-order valence-electron chi connectivity index (χ2n) is 4.00. The van der Waals surface area contributed by atoms with Gasteiger partial charge in [0.1, 0.15) is 0 Å². The number of hydrogen-bond donors (Lipinski definition) is 0. The van der Waals surface area contributed by atoms with E-state index in [2.05, 4.69) is 25.1 Å². The lowest BCUT2D eigenvalue weighted by Gasteiger charge is -2.01. The lowest BCUT2D eigenvalue weighted by molar-refractivity contribution is 0.917. The van der Waals surface area contributed by atoms with Crippen LogP contribution in [0.4, 0.5) is 0 Å². The molecule has 0 nitrogen and oxygen atoms in total. The standard InChI is InChI=1S/C13H14S/c1-2-9-5-3-8-12-13(9)10-6-4-7-11(10)14-12/h3,5,8H,2,4,6-7H2,1H3. The lowest BCUT2D eigenvalue weighted by Crippen LogP contribution is -1.84. The Bertz CT molecular complexity index is 479. The second-order valence-corrected chi connectivity index (χ2v) is 5.14. The van der Waals surface area contributed by atoms with Gasteiger partial charge in [-0.25, -0.2) is 0 Å². The Morgan fingerprint density at radius 3 is 3.07 bits per heavy atom. The molecule has 0 unspecified atom stereocenters. The van der Waals surface area contributed by atoms with Crippen LogP contribution in [0.15, 0.2) is 18.2 Å². The van der Waals surface area contributed by atoms with E-state index >= 15 is 0 Å². The van der Waals surface area contributed by atoms with Crippen molar-refractivity contribution in [2.24, 2.45) is 0 Å². The summed E-state index contributed by atoms with van der Waals surface area (Å²) in [6, 6.07) is 6.76. The smallest absolute Gasteiger partial charge is 0.0351 e. The minimum Gasteiger partial charge on any atom is -0.140 e. The van der Waals surface area contributed by atoms with Gasteiger partial charge in [-0.3, -0.25) is 0 Å². The van der Waals surface area contributed by atoms with Crippen molar-refractivity contribution in [2.45, 2.75) is 32.6 Å². The Kier molecular flexibility index (Phi) is 1.88. The summed E-state index contributed by atoms with van der Waals surface area (Å²) in [5.74, 6) is 0. The molecule has 0 fully saturated rings. The van der Waals surface area contributed by atoms with Crippen molar-refractivity contribution < 1.29 is 0 Å². The van der Waals surface area contributed by atoms with Gasteiger partial charge in [0.05, 0.1) is 0 Å². The molecule has 0 bridgehead atoms. The first kappa shape index (κ1) is 8.49. The number of hydrogen-bond acceptors (Lipinski definition) is 1. The van der Waals surface area contributed by atoms with E-state index in [4.69, 9.17) is 0 Å². The van der Waals surface area contributed by atoms with Crippen LogP contribution in [-0.4, -0.2) is 0 Å². The molecule has 0 aliphatic heterocycles. The molecular weight excluding hydrogens is 188 g/mol. The third kappa shape index (κ3) is 1.05. The molecule has 0 N–H and O–H groups in total. The third-order valence-corrected chi connectivity index (χ3v) is 4.45. The SMILES string of the molecule is CCc1cccc2sc3c(c12)CCC3. The van der Waals surface area contributed by atoms with Crippen LogP contribution < -0.4 is 0 Å². The maximum absolute atomic E-state index is 2.29. The molecule has 72 valence electrons. The highest BCUT2D eigenvalue weighted by Gasteiger charge is 2.18. The molecule has 3 rings (SSSR count). The van der Waals surface area contributed by atoms with Gasteiger partial charge in [-0.2, -0.15) is 0 Å². The Labute approximate surface area is 88.6 Å². The van der Waals surface area contributed by atoms with Crippen LogP contribution in [0.25, 0.3) is 10.1 Å². The third-order valence-electron chi connectivity index (χ3n) is 3.20. The van der Waals surface area contributed by atoms with Crippen LogP contribution in [0.1, 0.15) is 29.3 Å². The van der Waals surface area contributed by atoms with Gasteiger partial charge in [0, 0.05) is 9.58 Å². The summed E-state index contributed by atoms with van der Waals surface area (Å²) >= 11 is 2.02. The van der Waals surface area contributed by atoms with Crippen LogP contribution in [0, 0.1) is 0 Å². The Hall–Kier alpha value is -0.820. The first-order chi connectivity index (χ1) is 6.90. The zero-order chi connectivity index (χ0) is 9.54. The van der Waals surface area contributed by atoms with Crippen LogP contribution >= 0.6 is 11.3 Å². The van der Waals surface area contributed by atoms with E-state index in [9.17, 15) is 0 Å². The molecule has 0 spiro atoms.